The number of hydrogen-bond donors (Lipinski definition) is 3. The standard InChI is InChI=1S/C19H28N4O7/c1-19(2,13-20-18(26)22-7-9-29-10-8-22)21-11-16(24)12-30-17(25)14-3-5-15(6-4-14)23(27)28/h3-6,16,21,24H,7-13H2,1-2H3,(H,20,26). The van der Waals surface area contributed by atoms with Crippen molar-refractivity contribution in [2.24, 2.45) is 0 Å². The number of carbonyl (C=O) groups excluding carboxylic acids is 2. The quantitative estimate of drug-likeness (QED) is 0.296. The van der Waals surface area contributed by atoms with Crippen molar-refractivity contribution in [3.05, 3.63) is 39.9 Å². The van der Waals surface area contributed by atoms with Crippen molar-refractivity contribution in [1.29, 1.82) is 0 Å². The first-order valence-electron chi connectivity index (χ1n) is 9.63. The number of aliphatic hydroxyl groups excluding tert-OH is 1. The number of nitrogens with one attached hydrogen (secondary N) is 2. The van der Waals surface area contributed by atoms with Gasteiger partial charge in [0.15, 0.2) is 0 Å². The fraction of sp³-hybridized carbons (Fsp3) is 0.579. The van der Waals surface area contributed by atoms with Crippen LogP contribution in [-0.2, 0) is 9.47 Å². The van der Waals surface area contributed by atoms with Crippen LogP contribution in [0.3, 0.4) is 0 Å². The van der Waals surface area contributed by atoms with E-state index in [1.54, 1.807) is 4.90 Å². The molecule has 1 unspecified atom stereocenters. The fourth-order valence-electron chi connectivity index (χ4n) is 2.66. The van der Waals surface area contributed by atoms with Crippen LogP contribution in [0.15, 0.2) is 24.3 Å². The van der Waals surface area contributed by atoms with Crippen LogP contribution in [0.5, 0.6) is 0 Å². The monoisotopic (exact) mass is 424 g/mol. The predicted molar refractivity (Wildman–Crippen MR) is 107 cm³/mol. The van der Waals surface area contributed by atoms with Crippen molar-refractivity contribution < 1.29 is 29.1 Å². The van der Waals surface area contributed by atoms with Crippen molar-refractivity contribution in [2.45, 2.75) is 25.5 Å². The van der Waals surface area contributed by atoms with Crippen molar-refractivity contribution in [2.75, 3.05) is 46.0 Å². The summed E-state index contributed by atoms with van der Waals surface area (Å²) in [5, 5.41) is 26.7. The Hall–Kier alpha value is -2.76. The highest BCUT2D eigenvalue weighted by Crippen LogP contribution is 2.12. The number of nitro groups is 1. The average Bonchev–Trinajstić information content (AvgIpc) is 2.75. The maximum Gasteiger partial charge on any atom is 0.338 e. The first-order chi connectivity index (χ1) is 14.2. The minimum Gasteiger partial charge on any atom is -0.459 e. The van der Waals surface area contributed by atoms with Crippen LogP contribution in [0.2, 0.25) is 0 Å². The van der Waals surface area contributed by atoms with Gasteiger partial charge in [-0.15, -0.1) is 0 Å². The van der Waals surface area contributed by atoms with Crippen molar-refractivity contribution in [3.8, 4) is 0 Å². The van der Waals surface area contributed by atoms with Gasteiger partial charge in [0.2, 0.25) is 0 Å². The molecule has 2 amide bonds. The van der Waals surface area contributed by atoms with Crippen LogP contribution < -0.4 is 10.6 Å². The molecular weight excluding hydrogens is 396 g/mol. The second kappa shape index (κ2) is 10.9. The zero-order chi connectivity index (χ0) is 22.1. The lowest BCUT2D eigenvalue weighted by atomic mass is 10.1. The minimum atomic E-state index is -0.957. The van der Waals surface area contributed by atoms with Crippen LogP contribution in [-0.4, -0.2) is 84.6 Å². The maximum absolute atomic E-state index is 12.1. The number of esters is 1. The molecule has 3 N–H and O–H groups in total. The van der Waals surface area contributed by atoms with E-state index in [-0.39, 0.29) is 30.4 Å². The second-order valence-electron chi connectivity index (χ2n) is 7.58. The number of rotatable bonds is 9. The van der Waals surface area contributed by atoms with Crippen LogP contribution >= 0.6 is 0 Å². The minimum absolute atomic E-state index is 0.126. The lowest BCUT2D eigenvalue weighted by Gasteiger charge is -2.31. The summed E-state index contributed by atoms with van der Waals surface area (Å²) in [6.07, 6.45) is -0.957. The molecule has 1 aromatic rings. The predicted octanol–water partition coefficient (Wildman–Crippen LogP) is 0.523. The van der Waals surface area contributed by atoms with Crippen LogP contribution in [0.1, 0.15) is 24.2 Å². The molecule has 30 heavy (non-hydrogen) atoms. The second-order valence-corrected chi connectivity index (χ2v) is 7.58. The van der Waals surface area contributed by atoms with E-state index in [4.69, 9.17) is 9.47 Å². The van der Waals surface area contributed by atoms with Crippen LogP contribution in [0, 0.1) is 10.1 Å². The molecule has 0 bridgehead atoms. The molecule has 1 heterocycles. The van der Waals surface area contributed by atoms with Gasteiger partial charge in [-0.3, -0.25) is 10.1 Å². The number of urea groups is 1. The lowest BCUT2D eigenvalue weighted by molar-refractivity contribution is -0.384. The summed E-state index contributed by atoms with van der Waals surface area (Å²) >= 11 is 0. The Balaban J connectivity index is 1.69. The van der Waals surface area contributed by atoms with Gasteiger partial charge in [0.1, 0.15) is 12.7 Å². The number of ether oxygens (including phenoxy) is 2. The molecule has 0 radical (unpaired) electrons. The topological polar surface area (TPSA) is 143 Å². The molecule has 1 saturated heterocycles. The van der Waals surface area contributed by atoms with Gasteiger partial charge in [-0.1, -0.05) is 0 Å². The van der Waals surface area contributed by atoms with Gasteiger partial charge in [0, 0.05) is 43.9 Å². The number of β-amino-alcohol motifs (C(OH)–C–C–N with tert-alkyl or cyclic N) is 1. The number of carbonyl (C=O) groups is 2. The molecule has 11 heteroatoms. The van der Waals surface area contributed by atoms with Crippen molar-refractivity contribution in [1.82, 2.24) is 15.5 Å². The lowest BCUT2D eigenvalue weighted by Crippen LogP contribution is -2.54. The molecular formula is C19H28N4O7. The number of hydrogen-bond acceptors (Lipinski definition) is 8. The average molecular weight is 424 g/mol. The zero-order valence-electron chi connectivity index (χ0n) is 17.1. The van der Waals surface area contributed by atoms with E-state index >= 15 is 0 Å². The molecule has 1 aromatic carbocycles. The first kappa shape index (κ1) is 23.5. The van der Waals surface area contributed by atoms with Crippen LogP contribution in [0.4, 0.5) is 10.5 Å². The third-order valence-electron chi connectivity index (χ3n) is 4.52. The van der Waals surface area contributed by atoms with E-state index in [9.17, 15) is 24.8 Å². The summed E-state index contributed by atoms with van der Waals surface area (Å²) in [5.41, 5.74) is -0.462. The first-order valence-corrected chi connectivity index (χ1v) is 9.63. The summed E-state index contributed by atoms with van der Waals surface area (Å²) in [7, 11) is 0. The molecule has 0 aromatic heterocycles. The summed E-state index contributed by atoms with van der Waals surface area (Å²) in [4.78, 5) is 35.9. The number of non-ortho nitro benzene ring substituents is 1. The van der Waals surface area contributed by atoms with Gasteiger partial charge in [-0.05, 0) is 26.0 Å². The van der Waals surface area contributed by atoms with Crippen molar-refractivity contribution >= 4 is 17.7 Å². The van der Waals surface area contributed by atoms with Gasteiger partial charge in [0.25, 0.3) is 5.69 Å². The van der Waals surface area contributed by atoms with Gasteiger partial charge >= 0.3 is 12.0 Å². The van der Waals surface area contributed by atoms with E-state index in [1.165, 1.54) is 24.3 Å². The number of morpholine rings is 1. The normalized spacial score (nSPS) is 15.4. The number of amides is 2. The Morgan fingerprint density at radius 3 is 2.53 bits per heavy atom. The van der Waals surface area contributed by atoms with E-state index in [0.717, 1.165) is 0 Å². The maximum atomic E-state index is 12.1. The molecule has 2 rings (SSSR count). The van der Waals surface area contributed by atoms with Gasteiger partial charge < -0.3 is 30.1 Å². The fourth-order valence-corrected chi connectivity index (χ4v) is 2.66. The molecule has 1 fully saturated rings. The highest BCUT2D eigenvalue weighted by Gasteiger charge is 2.23. The highest BCUT2D eigenvalue weighted by atomic mass is 16.6. The third kappa shape index (κ3) is 7.58. The van der Waals surface area contributed by atoms with Gasteiger partial charge in [0.05, 0.1) is 23.7 Å². The molecule has 11 nitrogen and oxygen atoms in total. The SMILES string of the molecule is CC(C)(CNC(=O)N1CCOCC1)NCC(O)COC(=O)c1ccc([N+](=O)[O-])cc1. The van der Waals surface area contributed by atoms with Gasteiger partial charge in [-0.2, -0.15) is 0 Å². The van der Waals surface area contributed by atoms with E-state index < -0.39 is 22.5 Å². The number of benzene rings is 1. The smallest absolute Gasteiger partial charge is 0.338 e. The summed E-state index contributed by atoms with van der Waals surface area (Å²) < 4.78 is 10.3. The van der Waals surface area contributed by atoms with Crippen molar-refractivity contribution in [3.63, 3.8) is 0 Å². The zero-order valence-corrected chi connectivity index (χ0v) is 17.1. The molecule has 0 saturated carbocycles. The van der Waals surface area contributed by atoms with E-state index in [0.29, 0.717) is 32.8 Å². The van der Waals surface area contributed by atoms with E-state index in [1.807, 2.05) is 13.8 Å². The molecule has 0 aliphatic carbocycles. The molecule has 1 aliphatic rings. The Labute approximate surface area is 174 Å². The molecule has 1 atom stereocenters. The molecule has 1 aliphatic heterocycles. The Morgan fingerprint density at radius 2 is 1.93 bits per heavy atom. The summed E-state index contributed by atoms with van der Waals surface area (Å²) in [5.74, 6) is -0.680. The summed E-state index contributed by atoms with van der Waals surface area (Å²) in [6, 6.07) is 4.85. The number of nitro benzene ring substituents is 1. The van der Waals surface area contributed by atoms with Gasteiger partial charge in [-0.25, -0.2) is 9.59 Å². The third-order valence-corrected chi connectivity index (χ3v) is 4.52. The van der Waals surface area contributed by atoms with Crippen LogP contribution in [0.25, 0.3) is 0 Å². The Kier molecular flexibility index (Phi) is 8.51. The number of nitrogens with zero attached hydrogens (tertiary/aromatic N) is 2. The van der Waals surface area contributed by atoms with E-state index in [2.05, 4.69) is 10.6 Å². The Morgan fingerprint density at radius 1 is 1.30 bits per heavy atom. The molecule has 0 spiro atoms. The Bertz CT molecular complexity index is 733. The highest BCUT2D eigenvalue weighted by molar-refractivity contribution is 5.89. The molecule has 166 valence electrons. The largest absolute Gasteiger partial charge is 0.459 e. The number of aliphatic hydroxyl groups is 1. The summed E-state index contributed by atoms with van der Waals surface area (Å²) in [6.45, 7) is 6.17.